The molecule has 0 radical (unpaired) electrons. The highest BCUT2D eigenvalue weighted by Gasteiger charge is 2.31. The predicted octanol–water partition coefficient (Wildman–Crippen LogP) is 2.71. The van der Waals surface area contributed by atoms with Gasteiger partial charge in [-0.05, 0) is 47.0 Å². The second-order valence-corrected chi connectivity index (χ2v) is 7.73. The maximum absolute atomic E-state index is 12.6. The number of carboxylic acids is 1. The van der Waals surface area contributed by atoms with Gasteiger partial charge in [-0.1, -0.05) is 12.8 Å². The molecule has 110 valence electrons. The molecule has 1 saturated carbocycles. The molecule has 5 nitrogen and oxygen atoms in total. The van der Waals surface area contributed by atoms with Crippen LogP contribution in [-0.2, 0) is 10.0 Å². The van der Waals surface area contributed by atoms with Crippen LogP contribution in [0.3, 0.4) is 0 Å². The standard InChI is InChI=1S/C13H16BrNO4S/c1-15(10-4-2-3-5-10)20(18,19)12-7-6-9(13(16)17)8-11(12)14/h6-8,10H,2-5H2,1H3,(H,16,17). The van der Waals surface area contributed by atoms with Gasteiger partial charge in [-0.15, -0.1) is 0 Å². The van der Waals surface area contributed by atoms with E-state index in [-0.39, 0.29) is 21.0 Å². The fourth-order valence-electron chi connectivity index (χ4n) is 2.46. The first-order valence-corrected chi connectivity index (χ1v) is 8.58. The average Bonchev–Trinajstić information content (AvgIpc) is 2.90. The molecule has 0 aliphatic heterocycles. The van der Waals surface area contributed by atoms with Crippen LogP contribution in [0.15, 0.2) is 27.6 Å². The molecule has 0 bridgehead atoms. The van der Waals surface area contributed by atoms with E-state index in [1.54, 1.807) is 7.05 Å². The maximum Gasteiger partial charge on any atom is 0.335 e. The summed E-state index contributed by atoms with van der Waals surface area (Å²) in [6.45, 7) is 0. The fraction of sp³-hybridized carbons (Fsp3) is 0.462. The monoisotopic (exact) mass is 361 g/mol. The van der Waals surface area contributed by atoms with Crippen LogP contribution in [0.1, 0.15) is 36.0 Å². The van der Waals surface area contributed by atoms with E-state index in [4.69, 9.17) is 5.11 Å². The molecule has 0 atom stereocenters. The van der Waals surface area contributed by atoms with Crippen LogP contribution in [0.4, 0.5) is 0 Å². The average molecular weight is 362 g/mol. The molecular weight excluding hydrogens is 346 g/mol. The van der Waals surface area contributed by atoms with Crippen molar-refractivity contribution in [2.45, 2.75) is 36.6 Å². The summed E-state index contributed by atoms with van der Waals surface area (Å²) in [5.41, 5.74) is 0.0549. The second-order valence-electron chi connectivity index (χ2n) is 4.91. The van der Waals surface area contributed by atoms with Crippen LogP contribution in [0.2, 0.25) is 0 Å². The fourth-order valence-corrected chi connectivity index (χ4v) is 4.91. The quantitative estimate of drug-likeness (QED) is 0.894. The Labute approximate surface area is 126 Å². The molecule has 0 amide bonds. The maximum atomic E-state index is 12.6. The van der Waals surface area contributed by atoms with Crippen molar-refractivity contribution in [3.05, 3.63) is 28.2 Å². The van der Waals surface area contributed by atoms with Gasteiger partial charge < -0.3 is 5.11 Å². The van der Waals surface area contributed by atoms with E-state index < -0.39 is 16.0 Å². The van der Waals surface area contributed by atoms with E-state index in [1.807, 2.05) is 0 Å². The van der Waals surface area contributed by atoms with Crippen LogP contribution in [0.25, 0.3) is 0 Å². The van der Waals surface area contributed by atoms with Gasteiger partial charge in [0.25, 0.3) is 0 Å². The number of rotatable bonds is 4. The zero-order valence-electron chi connectivity index (χ0n) is 11.0. The summed E-state index contributed by atoms with van der Waals surface area (Å²) in [7, 11) is -2.02. The summed E-state index contributed by atoms with van der Waals surface area (Å²) in [4.78, 5) is 11.0. The largest absolute Gasteiger partial charge is 0.478 e. The van der Waals surface area contributed by atoms with Gasteiger partial charge in [0.15, 0.2) is 0 Å². The number of benzene rings is 1. The molecule has 1 aliphatic carbocycles. The molecule has 0 saturated heterocycles. The lowest BCUT2D eigenvalue weighted by molar-refractivity contribution is 0.0696. The number of carboxylic acid groups (broad SMARTS) is 1. The Hall–Kier alpha value is -0.920. The summed E-state index contributed by atoms with van der Waals surface area (Å²) in [6, 6.07) is 4.00. The first-order valence-electron chi connectivity index (χ1n) is 6.35. The van der Waals surface area contributed by atoms with Crippen molar-refractivity contribution < 1.29 is 18.3 Å². The van der Waals surface area contributed by atoms with E-state index in [9.17, 15) is 13.2 Å². The zero-order chi connectivity index (χ0) is 14.9. The number of halogens is 1. The Balaban J connectivity index is 2.36. The Kier molecular flexibility index (Phi) is 4.51. The zero-order valence-corrected chi connectivity index (χ0v) is 13.4. The number of hydrogen-bond donors (Lipinski definition) is 1. The third-order valence-corrected chi connectivity index (χ3v) is 6.56. The topological polar surface area (TPSA) is 74.7 Å². The summed E-state index contributed by atoms with van der Waals surface area (Å²) in [6.07, 6.45) is 3.84. The third kappa shape index (κ3) is 2.89. The van der Waals surface area contributed by atoms with Crippen LogP contribution in [-0.4, -0.2) is 36.9 Å². The number of aromatic carboxylic acids is 1. The van der Waals surface area contributed by atoms with Gasteiger partial charge in [-0.25, -0.2) is 13.2 Å². The highest BCUT2D eigenvalue weighted by atomic mass is 79.9. The molecule has 1 fully saturated rings. The van der Waals surface area contributed by atoms with Crippen molar-refractivity contribution in [1.29, 1.82) is 0 Å². The molecular formula is C13H16BrNO4S. The molecule has 0 spiro atoms. The van der Waals surface area contributed by atoms with Crippen molar-refractivity contribution in [3.63, 3.8) is 0 Å². The lowest BCUT2D eigenvalue weighted by Gasteiger charge is -2.24. The highest BCUT2D eigenvalue weighted by Crippen LogP contribution is 2.30. The van der Waals surface area contributed by atoms with Crippen molar-refractivity contribution >= 4 is 31.9 Å². The Bertz CT molecular complexity index is 623. The van der Waals surface area contributed by atoms with E-state index in [1.165, 1.54) is 22.5 Å². The minimum absolute atomic E-state index is 0.0334. The van der Waals surface area contributed by atoms with Gasteiger partial charge in [0, 0.05) is 17.6 Å². The molecule has 20 heavy (non-hydrogen) atoms. The van der Waals surface area contributed by atoms with Gasteiger partial charge in [0.1, 0.15) is 0 Å². The first kappa shape index (κ1) is 15.5. The highest BCUT2D eigenvalue weighted by molar-refractivity contribution is 9.10. The Morgan fingerprint density at radius 2 is 1.95 bits per heavy atom. The molecule has 7 heteroatoms. The van der Waals surface area contributed by atoms with E-state index in [0.717, 1.165) is 25.7 Å². The normalized spacial score (nSPS) is 16.8. The van der Waals surface area contributed by atoms with E-state index >= 15 is 0 Å². The van der Waals surface area contributed by atoms with Crippen LogP contribution in [0, 0.1) is 0 Å². The minimum Gasteiger partial charge on any atom is -0.478 e. The smallest absolute Gasteiger partial charge is 0.335 e. The van der Waals surface area contributed by atoms with Crippen LogP contribution >= 0.6 is 15.9 Å². The van der Waals surface area contributed by atoms with Crippen molar-refractivity contribution in [1.82, 2.24) is 4.31 Å². The molecule has 1 aromatic carbocycles. The summed E-state index contributed by atoms with van der Waals surface area (Å²) in [5.74, 6) is -1.08. The van der Waals surface area contributed by atoms with Gasteiger partial charge >= 0.3 is 5.97 Å². The van der Waals surface area contributed by atoms with Crippen LogP contribution < -0.4 is 0 Å². The number of hydrogen-bond acceptors (Lipinski definition) is 3. The molecule has 0 unspecified atom stereocenters. The van der Waals surface area contributed by atoms with Gasteiger partial charge in [-0.2, -0.15) is 4.31 Å². The number of nitrogens with zero attached hydrogens (tertiary/aromatic N) is 1. The SMILES string of the molecule is CN(C1CCCC1)S(=O)(=O)c1ccc(C(=O)O)cc1Br. The minimum atomic E-state index is -3.60. The summed E-state index contributed by atoms with van der Waals surface area (Å²) < 4.78 is 26.8. The van der Waals surface area contributed by atoms with Crippen molar-refractivity contribution in [3.8, 4) is 0 Å². The number of sulfonamides is 1. The first-order chi connectivity index (χ1) is 9.34. The molecule has 1 aromatic rings. The second kappa shape index (κ2) is 5.83. The predicted molar refractivity (Wildman–Crippen MR) is 78.3 cm³/mol. The molecule has 1 aliphatic rings. The van der Waals surface area contributed by atoms with Gasteiger partial charge in [-0.3, -0.25) is 0 Å². The lowest BCUT2D eigenvalue weighted by Crippen LogP contribution is -2.35. The number of carbonyl (C=O) groups is 1. The molecule has 0 heterocycles. The van der Waals surface area contributed by atoms with Gasteiger partial charge in [0.05, 0.1) is 10.5 Å². The Morgan fingerprint density at radius 3 is 2.45 bits per heavy atom. The van der Waals surface area contributed by atoms with Crippen LogP contribution in [0.5, 0.6) is 0 Å². The van der Waals surface area contributed by atoms with Crippen molar-refractivity contribution in [2.75, 3.05) is 7.05 Å². The van der Waals surface area contributed by atoms with Gasteiger partial charge in [0.2, 0.25) is 10.0 Å². The molecule has 1 N–H and O–H groups in total. The van der Waals surface area contributed by atoms with E-state index in [0.29, 0.717) is 0 Å². The lowest BCUT2D eigenvalue weighted by atomic mass is 10.2. The van der Waals surface area contributed by atoms with E-state index in [2.05, 4.69) is 15.9 Å². The summed E-state index contributed by atoms with van der Waals surface area (Å²) >= 11 is 3.16. The molecule has 0 aromatic heterocycles. The molecule has 2 rings (SSSR count). The third-order valence-electron chi connectivity index (χ3n) is 3.67. The Morgan fingerprint density at radius 1 is 1.35 bits per heavy atom. The van der Waals surface area contributed by atoms with Crippen molar-refractivity contribution in [2.24, 2.45) is 0 Å². The summed E-state index contributed by atoms with van der Waals surface area (Å²) in [5, 5.41) is 8.90.